The zero-order valence-corrected chi connectivity index (χ0v) is 17.9. The minimum Gasteiger partial charge on any atom is -0.450 e. The molecule has 0 bridgehead atoms. The lowest BCUT2D eigenvalue weighted by Crippen LogP contribution is -2.55. The Hall–Kier alpha value is -2.68. The first kappa shape index (κ1) is 22.0. The highest BCUT2D eigenvalue weighted by Gasteiger charge is 2.26. The molecule has 0 spiro atoms. The number of carbonyl (C=O) groups excluding carboxylic acids is 3. The van der Waals surface area contributed by atoms with Crippen LogP contribution >= 0.6 is 11.6 Å². The van der Waals surface area contributed by atoms with Crippen molar-refractivity contribution in [2.24, 2.45) is 0 Å². The molecule has 30 heavy (non-hydrogen) atoms. The summed E-state index contributed by atoms with van der Waals surface area (Å²) in [5.74, 6) is -0.149. The molecule has 2 saturated heterocycles. The average molecular weight is 438 g/mol. The van der Waals surface area contributed by atoms with Crippen LogP contribution in [-0.4, -0.2) is 98.2 Å². The molecule has 2 aliphatic rings. The van der Waals surface area contributed by atoms with Crippen molar-refractivity contribution in [3.63, 3.8) is 0 Å². The Morgan fingerprint density at radius 2 is 1.60 bits per heavy atom. The number of benzene rings is 1. The number of carbonyl (C=O) groups is 3. The second kappa shape index (κ2) is 10.4. The van der Waals surface area contributed by atoms with Crippen LogP contribution < -0.4 is 10.2 Å². The van der Waals surface area contributed by atoms with Crippen molar-refractivity contribution in [3.05, 3.63) is 29.3 Å². The summed E-state index contributed by atoms with van der Waals surface area (Å²) in [6.07, 6.45) is -0.352. The van der Waals surface area contributed by atoms with Crippen LogP contribution in [0.5, 0.6) is 0 Å². The Morgan fingerprint density at radius 1 is 0.967 bits per heavy atom. The summed E-state index contributed by atoms with van der Waals surface area (Å²) >= 11 is 6.05. The maximum atomic E-state index is 12.4. The lowest BCUT2D eigenvalue weighted by Gasteiger charge is -2.36. The first-order valence-electron chi connectivity index (χ1n) is 10.2. The molecule has 9 nitrogen and oxygen atoms in total. The van der Waals surface area contributed by atoms with Crippen molar-refractivity contribution in [3.8, 4) is 0 Å². The SMILES string of the molecule is CCOC(=O)N1CCN(C(=O)CNC(=O)N2CCN(c3cccc(Cl)c3)CC2)CC1. The van der Waals surface area contributed by atoms with Crippen LogP contribution in [0.4, 0.5) is 15.3 Å². The average Bonchev–Trinajstić information content (AvgIpc) is 2.77. The van der Waals surface area contributed by atoms with Crippen molar-refractivity contribution in [2.75, 3.05) is 70.4 Å². The highest BCUT2D eigenvalue weighted by atomic mass is 35.5. The number of hydrogen-bond donors (Lipinski definition) is 1. The van der Waals surface area contributed by atoms with Crippen molar-refractivity contribution in [1.29, 1.82) is 0 Å². The van der Waals surface area contributed by atoms with Gasteiger partial charge in [-0.1, -0.05) is 17.7 Å². The van der Waals surface area contributed by atoms with Gasteiger partial charge in [-0.2, -0.15) is 0 Å². The van der Waals surface area contributed by atoms with E-state index in [9.17, 15) is 14.4 Å². The van der Waals surface area contributed by atoms with Gasteiger partial charge < -0.3 is 29.7 Å². The van der Waals surface area contributed by atoms with Crippen molar-refractivity contribution in [1.82, 2.24) is 20.0 Å². The lowest BCUT2D eigenvalue weighted by molar-refractivity contribution is -0.131. The molecular formula is C20H28ClN5O4. The number of urea groups is 1. The van der Waals surface area contributed by atoms with Crippen LogP contribution in [0.15, 0.2) is 24.3 Å². The van der Waals surface area contributed by atoms with E-state index in [2.05, 4.69) is 10.2 Å². The topological polar surface area (TPSA) is 85.4 Å². The van der Waals surface area contributed by atoms with E-state index in [0.29, 0.717) is 64.0 Å². The number of amides is 4. The van der Waals surface area contributed by atoms with Gasteiger partial charge in [0.05, 0.1) is 13.2 Å². The van der Waals surface area contributed by atoms with Crippen LogP contribution in [0.25, 0.3) is 0 Å². The van der Waals surface area contributed by atoms with Gasteiger partial charge in [0.2, 0.25) is 5.91 Å². The molecule has 4 amide bonds. The summed E-state index contributed by atoms with van der Waals surface area (Å²) in [6, 6.07) is 7.43. The van der Waals surface area contributed by atoms with Gasteiger partial charge in [0.1, 0.15) is 0 Å². The van der Waals surface area contributed by atoms with E-state index in [4.69, 9.17) is 16.3 Å². The van der Waals surface area contributed by atoms with Crippen molar-refractivity contribution >= 4 is 35.3 Å². The molecule has 2 aliphatic heterocycles. The molecule has 3 rings (SSSR count). The number of piperazine rings is 2. The Morgan fingerprint density at radius 3 is 2.23 bits per heavy atom. The van der Waals surface area contributed by atoms with Crippen molar-refractivity contribution in [2.45, 2.75) is 6.92 Å². The van der Waals surface area contributed by atoms with E-state index in [1.807, 2.05) is 24.3 Å². The lowest BCUT2D eigenvalue weighted by atomic mass is 10.2. The standard InChI is InChI=1S/C20H28ClN5O4/c1-2-30-20(29)26-12-8-24(9-13-26)18(27)15-22-19(28)25-10-6-23(7-11-25)17-5-3-4-16(21)14-17/h3-5,14H,2,6-13,15H2,1H3,(H,22,28). The number of anilines is 1. The molecule has 1 aromatic rings. The Kier molecular flexibility index (Phi) is 7.62. The predicted octanol–water partition coefficient (Wildman–Crippen LogP) is 1.47. The maximum absolute atomic E-state index is 12.4. The fourth-order valence-electron chi connectivity index (χ4n) is 3.57. The molecule has 1 N–H and O–H groups in total. The second-order valence-electron chi connectivity index (χ2n) is 7.18. The molecule has 0 aliphatic carbocycles. The summed E-state index contributed by atoms with van der Waals surface area (Å²) in [7, 11) is 0. The number of ether oxygens (including phenoxy) is 1. The molecular weight excluding hydrogens is 410 g/mol. The van der Waals surface area contributed by atoms with Crippen LogP contribution in [0.3, 0.4) is 0 Å². The number of rotatable bonds is 4. The van der Waals surface area contributed by atoms with E-state index >= 15 is 0 Å². The highest BCUT2D eigenvalue weighted by Crippen LogP contribution is 2.20. The van der Waals surface area contributed by atoms with Gasteiger partial charge in [-0.3, -0.25) is 4.79 Å². The van der Waals surface area contributed by atoms with Gasteiger partial charge in [0.15, 0.2) is 0 Å². The minimum atomic E-state index is -0.352. The molecule has 10 heteroatoms. The second-order valence-corrected chi connectivity index (χ2v) is 7.62. The van der Waals surface area contributed by atoms with Gasteiger partial charge in [0.25, 0.3) is 0 Å². The quantitative estimate of drug-likeness (QED) is 0.771. The van der Waals surface area contributed by atoms with Crippen LogP contribution in [0, 0.1) is 0 Å². The third kappa shape index (κ3) is 5.69. The molecule has 0 saturated carbocycles. The largest absolute Gasteiger partial charge is 0.450 e. The van der Waals surface area contributed by atoms with Crippen LogP contribution in [-0.2, 0) is 9.53 Å². The maximum Gasteiger partial charge on any atom is 0.409 e. The zero-order chi connectivity index (χ0) is 21.5. The van der Waals surface area contributed by atoms with E-state index < -0.39 is 0 Å². The smallest absolute Gasteiger partial charge is 0.409 e. The Labute approximate surface area is 181 Å². The number of hydrogen-bond acceptors (Lipinski definition) is 5. The third-order valence-electron chi connectivity index (χ3n) is 5.29. The Bertz CT molecular complexity index is 761. The first-order valence-corrected chi connectivity index (χ1v) is 10.6. The first-order chi connectivity index (χ1) is 14.5. The van der Waals surface area contributed by atoms with E-state index in [0.717, 1.165) is 5.69 Å². The van der Waals surface area contributed by atoms with E-state index in [1.165, 1.54) is 0 Å². The minimum absolute atomic E-state index is 0.0489. The van der Waals surface area contributed by atoms with Crippen LogP contribution in [0.1, 0.15) is 6.92 Å². The molecule has 0 aromatic heterocycles. The molecule has 0 atom stereocenters. The molecule has 0 radical (unpaired) electrons. The third-order valence-corrected chi connectivity index (χ3v) is 5.52. The summed E-state index contributed by atoms with van der Waals surface area (Å²) in [5.41, 5.74) is 1.04. The molecule has 164 valence electrons. The van der Waals surface area contributed by atoms with E-state index in [-0.39, 0.29) is 24.6 Å². The Balaban J connectivity index is 1.38. The monoisotopic (exact) mass is 437 g/mol. The van der Waals surface area contributed by atoms with Gasteiger partial charge in [-0.25, -0.2) is 9.59 Å². The number of nitrogens with zero attached hydrogens (tertiary/aromatic N) is 4. The van der Waals surface area contributed by atoms with E-state index in [1.54, 1.807) is 21.6 Å². The van der Waals surface area contributed by atoms with Gasteiger partial charge in [-0.15, -0.1) is 0 Å². The highest BCUT2D eigenvalue weighted by molar-refractivity contribution is 6.30. The number of nitrogens with one attached hydrogen (secondary N) is 1. The summed E-state index contributed by atoms with van der Waals surface area (Å²) < 4.78 is 4.98. The summed E-state index contributed by atoms with van der Waals surface area (Å²) in [4.78, 5) is 43.7. The molecule has 2 heterocycles. The van der Waals surface area contributed by atoms with Gasteiger partial charge >= 0.3 is 12.1 Å². The van der Waals surface area contributed by atoms with Gasteiger partial charge in [-0.05, 0) is 25.1 Å². The predicted molar refractivity (Wildman–Crippen MR) is 114 cm³/mol. The molecule has 0 unspecified atom stereocenters. The van der Waals surface area contributed by atoms with Gasteiger partial charge in [0, 0.05) is 63.1 Å². The zero-order valence-electron chi connectivity index (χ0n) is 17.2. The molecule has 2 fully saturated rings. The van der Waals surface area contributed by atoms with Crippen LogP contribution in [0.2, 0.25) is 5.02 Å². The fourth-order valence-corrected chi connectivity index (χ4v) is 3.75. The normalized spacial score (nSPS) is 17.0. The summed E-state index contributed by atoms with van der Waals surface area (Å²) in [5, 5.41) is 3.41. The summed E-state index contributed by atoms with van der Waals surface area (Å²) in [6.45, 7) is 6.35. The van der Waals surface area contributed by atoms with Crippen molar-refractivity contribution < 1.29 is 19.1 Å². The molecule has 1 aromatic carbocycles. The number of halogens is 1. The fraction of sp³-hybridized carbons (Fsp3) is 0.550.